The van der Waals surface area contributed by atoms with Gasteiger partial charge in [-0.05, 0) is 30.7 Å². The number of anilines is 1. The van der Waals surface area contributed by atoms with Crippen LogP contribution in [0.2, 0.25) is 5.02 Å². The molecule has 158 valence electrons. The third-order valence-corrected chi connectivity index (χ3v) is 6.27. The molecule has 0 unspecified atom stereocenters. The molecule has 2 heterocycles. The SMILES string of the molecule is CCc1nnc(NC(=O)CSc2nnc(CCNC(=O)c3ccc(Cl)cc3)n2C)s1. The zero-order valence-electron chi connectivity index (χ0n) is 16.4. The second-order valence-corrected chi connectivity index (χ2v) is 8.60. The molecule has 0 spiro atoms. The molecular formula is C18H20ClN7O2S2. The first-order valence-electron chi connectivity index (χ1n) is 9.13. The molecule has 12 heteroatoms. The summed E-state index contributed by atoms with van der Waals surface area (Å²) in [6.45, 7) is 2.39. The molecule has 0 aliphatic heterocycles. The van der Waals surface area contributed by atoms with Gasteiger partial charge in [0.1, 0.15) is 10.8 Å². The van der Waals surface area contributed by atoms with E-state index in [-0.39, 0.29) is 17.6 Å². The summed E-state index contributed by atoms with van der Waals surface area (Å²) in [6.07, 6.45) is 1.30. The van der Waals surface area contributed by atoms with Gasteiger partial charge in [-0.3, -0.25) is 14.9 Å². The number of nitrogens with zero attached hydrogens (tertiary/aromatic N) is 5. The largest absolute Gasteiger partial charge is 0.352 e. The van der Waals surface area contributed by atoms with Gasteiger partial charge in [-0.15, -0.1) is 20.4 Å². The molecule has 0 radical (unpaired) electrons. The summed E-state index contributed by atoms with van der Waals surface area (Å²) in [7, 11) is 1.83. The van der Waals surface area contributed by atoms with Crippen LogP contribution in [0.5, 0.6) is 0 Å². The Balaban J connectivity index is 1.45. The van der Waals surface area contributed by atoms with E-state index in [0.717, 1.165) is 11.4 Å². The Morgan fingerprint density at radius 2 is 1.93 bits per heavy atom. The number of benzene rings is 1. The van der Waals surface area contributed by atoms with Crippen LogP contribution in [0.1, 0.15) is 28.1 Å². The molecule has 3 aromatic rings. The van der Waals surface area contributed by atoms with E-state index in [4.69, 9.17) is 11.6 Å². The fourth-order valence-corrected chi connectivity index (χ4v) is 3.96. The molecule has 9 nitrogen and oxygen atoms in total. The number of halogens is 1. The van der Waals surface area contributed by atoms with Crippen molar-refractivity contribution in [3.8, 4) is 0 Å². The number of hydrogen-bond acceptors (Lipinski definition) is 8. The topological polar surface area (TPSA) is 115 Å². The Hall–Kier alpha value is -2.50. The van der Waals surface area contributed by atoms with Gasteiger partial charge in [0.2, 0.25) is 11.0 Å². The fraction of sp³-hybridized carbons (Fsp3) is 0.333. The molecule has 2 N–H and O–H groups in total. The predicted octanol–water partition coefficient (Wildman–Crippen LogP) is 2.59. The van der Waals surface area contributed by atoms with Crippen molar-refractivity contribution >= 4 is 51.6 Å². The highest BCUT2D eigenvalue weighted by Gasteiger charge is 2.13. The van der Waals surface area contributed by atoms with E-state index in [0.29, 0.717) is 39.7 Å². The van der Waals surface area contributed by atoms with Gasteiger partial charge in [-0.2, -0.15) is 0 Å². The number of nitrogens with one attached hydrogen (secondary N) is 2. The lowest BCUT2D eigenvalue weighted by Crippen LogP contribution is -2.26. The van der Waals surface area contributed by atoms with Gasteiger partial charge in [-0.25, -0.2) is 0 Å². The van der Waals surface area contributed by atoms with Crippen molar-refractivity contribution in [3.63, 3.8) is 0 Å². The van der Waals surface area contributed by atoms with Crippen molar-refractivity contribution in [2.75, 3.05) is 17.6 Å². The van der Waals surface area contributed by atoms with Crippen LogP contribution in [-0.4, -0.2) is 49.1 Å². The number of carbonyl (C=O) groups is 2. The van der Waals surface area contributed by atoms with Crippen LogP contribution in [0, 0.1) is 0 Å². The highest BCUT2D eigenvalue weighted by atomic mass is 35.5. The quantitative estimate of drug-likeness (QED) is 0.466. The fourth-order valence-electron chi connectivity index (χ4n) is 2.41. The lowest BCUT2D eigenvalue weighted by Gasteiger charge is -2.06. The molecule has 0 aliphatic carbocycles. The van der Waals surface area contributed by atoms with Crippen LogP contribution in [0.15, 0.2) is 29.4 Å². The third-order valence-electron chi connectivity index (χ3n) is 4.01. The molecule has 0 aliphatic rings. The van der Waals surface area contributed by atoms with Gasteiger partial charge in [-0.1, -0.05) is 41.6 Å². The van der Waals surface area contributed by atoms with Gasteiger partial charge in [0, 0.05) is 30.6 Å². The normalized spacial score (nSPS) is 10.8. The van der Waals surface area contributed by atoms with E-state index in [2.05, 4.69) is 31.0 Å². The van der Waals surface area contributed by atoms with Gasteiger partial charge in [0.05, 0.1) is 5.75 Å². The molecule has 30 heavy (non-hydrogen) atoms. The monoisotopic (exact) mass is 465 g/mol. The first-order valence-corrected chi connectivity index (χ1v) is 11.3. The molecule has 0 saturated heterocycles. The summed E-state index contributed by atoms with van der Waals surface area (Å²) in [5, 5.41) is 24.3. The van der Waals surface area contributed by atoms with Crippen LogP contribution in [0.4, 0.5) is 5.13 Å². The average Bonchev–Trinajstić information content (AvgIpc) is 3.33. The highest BCUT2D eigenvalue weighted by Crippen LogP contribution is 2.18. The van der Waals surface area contributed by atoms with Crippen molar-refractivity contribution in [1.29, 1.82) is 0 Å². The zero-order chi connectivity index (χ0) is 21.5. The lowest BCUT2D eigenvalue weighted by molar-refractivity contribution is -0.113. The first kappa shape index (κ1) is 22.2. The molecule has 2 aromatic heterocycles. The van der Waals surface area contributed by atoms with Gasteiger partial charge in [0.25, 0.3) is 5.91 Å². The molecule has 0 bridgehead atoms. The Morgan fingerprint density at radius 3 is 2.63 bits per heavy atom. The average molecular weight is 466 g/mol. The second kappa shape index (κ2) is 10.5. The number of carbonyl (C=O) groups excluding carboxylic acids is 2. The summed E-state index contributed by atoms with van der Waals surface area (Å²) in [5.74, 6) is 0.535. The standard InChI is InChI=1S/C18H20ClN7O2S2/c1-3-15-23-24-17(30-15)21-14(27)10-29-18-25-22-13(26(18)2)8-9-20-16(28)11-4-6-12(19)7-5-11/h4-7H,3,8-10H2,1-2H3,(H,20,28)(H,21,24,27). The predicted molar refractivity (Wildman–Crippen MR) is 117 cm³/mol. The summed E-state index contributed by atoms with van der Waals surface area (Å²) < 4.78 is 1.81. The van der Waals surface area contributed by atoms with E-state index < -0.39 is 0 Å². The number of rotatable bonds is 9. The van der Waals surface area contributed by atoms with Crippen molar-refractivity contribution in [2.45, 2.75) is 24.9 Å². The minimum atomic E-state index is -0.182. The Bertz CT molecular complexity index is 1020. The highest BCUT2D eigenvalue weighted by molar-refractivity contribution is 7.99. The van der Waals surface area contributed by atoms with Crippen LogP contribution in [0.3, 0.4) is 0 Å². The van der Waals surface area contributed by atoms with Crippen LogP contribution < -0.4 is 10.6 Å². The minimum absolute atomic E-state index is 0.178. The Labute approximate surface area is 186 Å². The molecule has 2 amide bonds. The Morgan fingerprint density at radius 1 is 1.17 bits per heavy atom. The third kappa shape index (κ3) is 6.00. The van der Waals surface area contributed by atoms with Gasteiger partial charge in [0.15, 0.2) is 5.16 Å². The van der Waals surface area contributed by atoms with Crippen molar-refractivity contribution in [2.24, 2.45) is 7.05 Å². The summed E-state index contributed by atoms with van der Waals surface area (Å²) in [6, 6.07) is 6.69. The summed E-state index contributed by atoms with van der Waals surface area (Å²) >= 11 is 8.47. The maximum Gasteiger partial charge on any atom is 0.251 e. The molecule has 0 saturated carbocycles. The number of amides is 2. The second-order valence-electron chi connectivity index (χ2n) is 6.16. The van der Waals surface area contributed by atoms with Crippen LogP contribution in [-0.2, 0) is 24.7 Å². The van der Waals surface area contributed by atoms with Crippen LogP contribution >= 0.6 is 34.7 Å². The van der Waals surface area contributed by atoms with Crippen molar-refractivity contribution in [3.05, 3.63) is 45.7 Å². The van der Waals surface area contributed by atoms with E-state index in [1.807, 2.05) is 18.5 Å². The van der Waals surface area contributed by atoms with Crippen LogP contribution in [0.25, 0.3) is 0 Å². The summed E-state index contributed by atoms with van der Waals surface area (Å²) in [4.78, 5) is 24.2. The minimum Gasteiger partial charge on any atom is -0.352 e. The molecule has 1 aromatic carbocycles. The molecular weight excluding hydrogens is 446 g/mol. The van der Waals surface area contributed by atoms with E-state index >= 15 is 0 Å². The number of aromatic nitrogens is 5. The number of thioether (sulfide) groups is 1. The van der Waals surface area contributed by atoms with E-state index in [1.165, 1.54) is 23.1 Å². The maximum absolute atomic E-state index is 12.1. The zero-order valence-corrected chi connectivity index (χ0v) is 18.8. The number of hydrogen-bond donors (Lipinski definition) is 2. The first-order chi connectivity index (χ1) is 14.5. The molecule has 0 fully saturated rings. The van der Waals surface area contributed by atoms with E-state index in [9.17, 15) is 9.59 Å². The Kier molecular flexibility index (Phi) is 7.77. The van der Waals surface area contributed by atoms with Crippen molar-refractivity contribution < 1.29 is 9.59 Å². The molecule has 0 atom stereocenters. The van der Waals surface area contributed by atoms with Crippen molar-refractivity contribution in [1.82, 2.24) is 30.3 Å². The van der Waals surface area contributed by atoms with Gasteiger partial charge < -0.3 is 9.88 Å². The smallest absolute Gasteiger partial charge is 0.251 e. The summed E-state index contributed by atoms with van der Waals surface area (Å²) in [5.41, 5.74) is 0.543. The van der Waals surface area contributed by atoms with Gasteiger partial charge >= 0.3 is 0 Å². The molecule has 3 rings (SSSR count). The number of aryl methyl sites for hydroxylation is 1. The van der Waals surface area contributed by atoms with E-state index in [1.54, 1.807) is 24.3 Å². The maximum atomic E-state index is 12.1. The lowest BCUT2D eigenvalue weighted by atomic mass is 10.2.